The summed E-state index contributed by atoms with van der Waals surface area (Å²) in [5.41, 5.74) is 1.49. The molecule has 24 heavy (non-hydrogen) atoms. The van der Waals surface area contributed by atoms with Crippen molar-refractivity contribution < 1.29 is 23.4 Å². The number of aromatic hydroxyl groups is 1. The van der Waals surface area contributed by atoms with Crippen LogP contribution in [0.5, 0.6) is 17.2 Å². The van der Waals surface area contributed by atoms with Crippen molar-refractivity contribution in [3.63, 3.8) is 0 Å². The minimum atomic E-state index is -2.90. The number of ether oxygens (including phenoxy) is 2. The monoisotopic (exact) mass is 399 g/mol. The van der Waals surface area contributed by atoms with E-state index in [1.807, 2.05) is 0 Å². The van der Waals surface area contributed by atoms with Gasteiger partial charge >= 0.3 is 6.61 Å². The van der Waals surface area contributed by atoms with Crippen molar-refractivity contribution in [2.75, 3.05) is 13.7 Å². The van der Waals surface area contributed by atoms with E-state index in [0.29, 0.717) is 18.5 Å². The first-order valence-electron chi connectivity index (χ1n) is 7.09. The third-order valence-electron chi connectivity index (χ3n) is 3.19. The zero-order valence-corrected chi connectivity index (χ0v) is 14.5. The molecule has 0 amide bonds. The Morgan fingerprint density at radius 3 is 2.71 bits per heavy atom. The summed E-state index contributed by atoms with van der Waals surface area (Å²) in [6, 6.07) is 9.86. The molecular formula is C17H16BrF2NO3. The lowest BCUT2D eigenvalue weighted by atomic mass is 10.1. The Labute approximate surface area is 146 Å². The Kier molecular flexibility index (Phi) is 6.54. The molecule has 0 saturated carbocycles. The van der Waals surface area contributed by atoms with Crippen LogP contribution < -0.4 is 9.47 Å². The van der Waals surface area contributed by atoms with E-state index in [4.69, 9.17) is 4.74 Å². The molecule has 0 aliphatic heterocycles. The maximum Gasteiger partial charge on any atom is 0.387 e. The summed E-state index contributed by atoms with van der Waals surface area (Å²) in [6.07, 6.45) is 2.18. The maximum absolute atomic E-state index is 12.3. The predicted octanol–water partition coefficient (Wildman–Crippen LogP) is 4.43. The number of rotatable bonds is 7. The minimum absolute atomic E-state index is 0.00110. The van der Waals surface area contributed by atoms with Crippen molar-refractivity contribution in [3.8, 4) is 17.2 Å². The third kappa shape index (κ3) is 5.19. The number of alkyl halides is 2. The summed E-state index contributed by atoms with van der Waals surface area (Å²) in [5, 5.41) is 9.72. The summed E-state index contributed by atoms with van der Waals surface area (Å²) in [7, 11) is 1.39. The van der Waals surface area contributed by atoms with Gasteiger partial charge in [0.1, 0.15) is 5.75 Å². The quantitative estimate of drug-likeness (QED) is 0.700. The summed E-state index contributed by atoms with van der Waals surface area (Å²) >= 11 is 3.33. The number of halogens is 3. The fourth-order valence-electron chi connectivity index (χ4n) is 2.05. The second-order valence-electron chi connectivity index (χ2n) is 4.85. The Morgan fingerprint density at radius 2 is 2.00 bits per heavy atom. The molecule has 0 spiro atoms. The van der Waals surface area contributed by atoms with Crippen molar-refractivity contribution in [3.05, 3.63) is 52.0 Å². The number of methoxy groups -OCH3 is 1. The molecule has 4 nitrogen and oxygen atoms in total. The standard InChI is InChI=1S/C17H16BrF2NO3/c1-23-16-8-11(2-5-15(16)24-17(19)20)6-7-21-10-12-9-13(18)3-4-14(12)22/h2-5,8-10,17,22H,6-7H2,1H3. The van der Waals surface area contributed by atoms with E-state index in [0.717, 1.165) is 10.0 Å². The van der Waals surface area contributed by atoms with Crippen LogP contribution in [0, 0.1) is 0 Å². The van der Waals surface area contributed by atoms with Crippen LogP contribution in [0.4, 0.5) is 8.78 Å². The Morgan fingerprint density at radius 1 is 1.21 bits per heavy atom. The van der Waals surface area contributed by atoms with E-state index < -0.39 is 6.61 Å². The number of hydrogen-bond acceptors (Lipinski definition) is 4. The topological polar surface area (TPSA) is 51.0 Å². The van der Waals surface area contributed by atoms with Gasteiger partial charge in [-0.1, -0.05) is 22.0 Å². The van der Waals surface area contributed by atoms with Crippen molar-refractivity contribution >= 4 is 22.1 Å². The Bertz CT molecular complexity index is 723. The summed E-state index contributed by atoms with van der Waals surface area (Å²) in [5.74, 6) is 0.400. The smallest absolute Gasteiger partial charge is 0.387 e. The zero-order chi connectivity index (χ0) is 17.5. The molecule has 0 fully saturated rings. The van der Waals surface area contributed by atoms with E-state index in [1.165, 1.54) is 13.2 Å². The van der Waals surface area contributed by atoms with Gasteiger partial charge in [0.25, 0.3) is 0 Å². The molecule has 2 aromatic carbocycles. The summed E-state index contributed by atoms with van der Waals surface area (Å²) in [4.78, 5) is 4.27. The predicted molar refractivity (Wildman–Crippen MR) is 91.6 cm³/mol. The fourth-order valence-corrected chi connectivity index (χ4v) is 2.42. The first-order chi connectivity index (χ1) is 11.5. The van der Waals surface area contributed by atoms with Crippen molar-refractivity contribution in [2.45, 2.75) is 13.0 Å². The van der Waals surface area contributed by atoms with Crippen LogP contribution in [0.15, 0.2) is 45.9 Å². The first-order valence-corrected chi connectivity index (χ1v) is 7.89. The minimum Gasteiger partial charge on any atom is -0.507 e. The normalized spacial score (nSPS) is 11.2. The van der Waals surface area contributed by atoms with Gasteiger partial charge < -0.3 is 14.6 Å². The van der Waals surface area contributed by atoms with Crippen LogP contribution in [0.1, 0.15) is 11.1 Å². The van der Waals surface area contributed by atoms with Gasteiger partial charge in [-0.2, -0.15) is 8.78 Å². The molecule has 7 heteroatoms. The zero-order valence-electron chi connectivity index (χ0n) is 12.9. The van der Waals surface area contributed by atoms with Crippen LogP contribution >= 0.6 is 15.9 Å². The van der Waals surface area contributed by atoms with Crippen LogP contribution in [-0.2, 0) is 6.42 Å². The molecular weight excluding hydrogens is 384 g/mol. The maximum atomic E-state index is 12.3. The Hall–Kier alpha value is -2.15. The lowest BCUT2D eigenvalue weighted by Gasteiger charge is -2.11. The highest BCUT2D eigenvalue weighted by molar-refractivity contribution is 9.10. The average Bonchev–Trinajstić information content (AvgIpc) is 2.55. The van der Waals surface area contributed by atoms with Gasteiger partial charge in [-0.05, 0) is 42.3 Å². The number of hydrogen-bond donors (Lipinski definition) is 1. The Balaban J connectivity index is 1.99. The first kappa shape index (κ1) is 18.2. The van der Waals surface area contributed by atoms with E-state index in [1.54, 1.807) is 36.5 Å². The molecule has 128 valence electrons. The molecule has 2 aromatic rings. The number of benzene rings is 2. The number of aliphatic imine (C=N–C) groups is 1. The second-order valence-corrected chi connectivity index (χ2v) is 5.77. The molecule has 0 radical (unpaired) electrons. The van der Waals surface area contributed by atoms with Crippen molar-refractivity contribution in [2.24, 2.45) is 4.99 Å². The molecule has 0 bridgehead atoms. The van der Waals surface area contributed by atoms with E-state index in [-0.39, 0.29) is 17.2 Å². The molecule has 0 aromatic heterocycles. The SMILES string of the molecule is COc1cc(CCN=Cc2cc(Br)ccc2O)ccc1OC(F)F. The molecule has 0 saturated heterocycles. The molecule has 0 unspecified atom stereocenters. The van der Waals surface area contributed by atoms with Gasteiger partial charge in [0.15, 0.2) is 11.5 Å². The molecule has 0 atom stereocenters. The third-order valence-corrected chi connectivity index (χ3v) is 3.69. The van der Waals surface area contributed by atoms with Gasteiger partial charge in [0.05, 0.1) is 7.11 Å². The fraction of sp³-hybridized carbons (Fsp3) is 0.235. The summed E-state index contributed by atoms with van der Waals surface area (Å²) in [6.45, 7) is -2.42. The molecule has 1 N–H and O–H groups in total. The van der Waals surface area contributed by atoms with Gasteiger partial charge in [-0.25, -0.2) is 0 Å². The number of phenols is 1. The molecule has 0 aliphatic carbocycles. The van der Waals surface area contributed by atoms with Gasteiger partial charge in [0.2, 0.25) is 0 Å². The highest BCUT2D eigenvalue weighted by Gasteiger charge is 2.10. The van der Waals surface area contributed by atoms with Crippen LogP contribution in [0.2, 0.25) is 0 Å². The van der Waals surface area contributed by atoms with Crippen molar-refractivity contribution in [1.82, 2.24) is 0 Å². The largest absolute Gasteiger partial charge is 0.507 e. The van der Waals surface area contributed by atoms with E-state index in [9.17, 15) is 13.9 Å². The van der Waals surface area contributed by atoms with Gasteiger partial charge in [-0.15, -0.1) is 0 Å². The number of nitrogens with zero attached hydrogens (tertiary/aromatic N) is 1. The lowest BCUT2D eigenvalue weighted by Crippen LogP contribution is -2.04. The molecule has 2 rings (SSSR count). The van der Waals surface area contributed by atoms with Crippen LogP contribution in [0.25, 0.3) is 0 Å². The van der Waals surface area contributed by atoms with E-state index >= 15 is 0 Å². The lowest BCUT2D eigenvalue weighted by molar-refractivity contribution is -0.0512. The van der Waals surface area contributed by atoms with Gasteiger partial charge in [0, 0.05) is 22.8 Å². The molecule has 0 heterocycles. The van der Waals surface area contributed by atoms with E-state index in [2.05, 4.69) is 25.7 Å². The molecule has 0 aliphatic rings. The second kappa shape index (κ2) is 8.63. The van der Waals surface area contributed by atoms with Crippen molar-refractivity contribution in [1.29, 1.82) is 0 Å². The summed E-state index contributed by atoms with van der Waals surface area (Å²) < 4.78 is 34.9. The van der Waals surface area contributed by atoms with Crippen LogP contribution in [0.3, 0.4) is 0 Å². The average molecular weight is 400 g/mol. The number of phenolic OH excluding ortho intramolecular Hbond substituents is 1. The highest BCUT2D eigenvalue weighted by atomic mass is 79.9. The highest BCUT2D eigenvalue weighted by Crippen LogP contribution is 2.29. The van der Waals surface area contributed by atoms with Gasteiger partial charge in [-0.3, -0.25) is 4.99 Å². The van der Waals surface area contributed by atoms with Crippen LogP contribution in [-0.4, -0.2) is 31.6 Å².